The average molecular weight is 313 g/mol. The molecular weight excluding hydrogens is 304 g/mol. The van der Waals surface area contributed by atoms with Gasteiger partial charge in [-0.05, 0) is 0 Å². The van der Waals surface area contributed by atoms with Crippen LogP contribution in [0.15, 0.2) is 22.3 Å². The molecule has 1 rings (SSSR count). The second-order valence-corrected chi connectivity index (χ2v) is 3.66. The zero-order chi connectivity index (χ0) is 13.0. The number of hydrogen-bond donors (Lipinski definition) is 2. The molecule has 0 bridgehead atoms. The van der Waals surface area contributed by atoms with Gasteiger partial charge in [-0.2, -0.15) is 5.10 Å². The van der Waals surface area contributed by atoms with Gasteiger partial charge in [0, 0.05) is 17.7 Å². The predicted octanol–water partition coefficient (Wildman–Crippen LogP) is 1.93. The fraction of sp³-hybridized carbons (Fsp3) is 0. The highest BCUT2D eigenvalue weighted by atomic mass is 35.5. The van der Waals surface area contributed by atoms with E-state index in [9.17, 15) is 10.1 Å². The molecule has 4 N–H and O–H groups in total. The maximum atomic E-state index is 10.5. The number of nitrogens with two attached hydrogens (primary N) is 2. The minimum Gasteiger partial charge on any atom is -0.369 e. The van der Waals surface area contributed by atoms with E-state index in [0.717, 1.165) is 12.1 Å². The summed E-state index contributed by atoms with van der Waals surface area (Å²) in [4.78, 5) is 9.92. The summed E-state index contributed by atoms with van der Waals surface area (Å²) in [5, 5.41) is 17.5. The van der Waals surface area contributed by atoms with Crippen molar-refractivity contribution in [1.82, 2.24) is 0 Å². The number of nitrogens with zero attached hydrogens (tertiary/aromatic N) is 3. The van der Waals surface area contributed by atoms with E-state index >= 15 is 0 Å². The summed E-state index contributed by atoms with van der Waals surface area (Å²) in [6.45, 7) is 0. The molecule has 0 aliphatic rings. The molecule has 7 nitrogen and oxygen atoms in total. The van der Waals surface area contributed by atoms with Crippen molar-refractivity contribution in [3.8, 4) is 0 Å². The van der Waals surface area contributed by atoms with Crippen LogP contribution >= 0.6 is 35.6 Å². The molecule has 1 aromatic carbocycles. The Hall–Kier alpha value is -1.57. The lowest BCUT2D eigenvalue weighted by Gasteiger charge is -2.00. The van der Waals surface area contributed by atoms with Gasteiger partial charge in [0.2, 0.25) is 5.96 Å². The summed E-state index contributed by atoms with van der Waals surface area (Å²) >= 11 is 11.6. The molecule has 0 radical (unpaired) electrons. The number of non-ortho nitro benzene ring substituents is 1. The molecule has 0 saturated carbocycles. The van der Waals surface area contributed by atoms with Gasteiger partial charge in [-0.25, -0.2) is 0 Å². The van der Waals surface area contributed by atoms with Crippen molar-refractivity contribution in [2.45, 2.75) is 0 Å². The molecule has 0 atom stereocenters. The van der Waals surface area contributed by atoms with Gasteiger partial charge >= 0.3 is 0 Å². The summed E-state index contributed by atoms with van der Waals surface area (Å²) in [7, 11) is 0. The van der Waals surface area contributed by atoms with Crippen LogP contribution in [0.2, 0.25) is 10.0 Å². The molecule has 0 unspecified atom stereocenters. The molecule has 0 aliphatic carbocycles. The third-order valence-electron chi connectivity index (χ3n) is 1.63. The highest BCUT2D eigenvalue weighted by Crippen LogP contribution is 2.28. The summed E-state index contributed by atoms with van der Waals surface area (Å²) in [5.41, 5.74) is 10.2. The molecule has 1 aromatic rings. The van der Waals surface area contributed by atoms with Gasteiger partial charge < -0.3 is 11.5 Å². The van der Waals surface area contributed by atoms with Gasteiger partial charge in [0.1, 0.15) is 0 Å². The standard InChI is InChI=1S/C8H7Cl2N5O2.ClH/c9-6-1-4(15(16)17)2-7(10)5(6)3-13-14-8(11)12;/h1-3H,(H4,11,12,14);1H. The molecule has 0 aliphatic heterocycles. The predicted molar refractivity (Wildman–Crippen MR) is 73.8 cm³/mol. The summed E-state index contributed by atoms with van der Waals surface area (Å²) in [5.74, 6) is -0.226. The number of rotatable bonds is 3. The van der Waals surface area contributed by atoms with Crippen molar-refractivity contribution in [2.24, 2.45) is 21.7 Å². The highest BCUT2D eigenvalue weighted by Gasteiger charge is 2.13. The van der Waals surface area contributed by atoms with Gasteiger partial charge in [-0.1, -0.05) is 23.2 Å². The van der Waals surface area contributed by atoms with Crippen LogP contribution in [0.5, 0.6) is 0 Å². The zero-order valence-electron chi connectivity index (χ0n) is 8.71. The number of halogens is 3. The molecule has 0 saturated heterocycles. The van der Waals surface area contributed by atoms with Crippen LogP contribution in [0.25, 0.3) is 0 Å². The Bertz CT molecular complexity index is 490. The molecular formula is C8H8Cl3N5O2. The first-order valence-corrected chi connectivity index (χ1v) is 4.93. The highest BCUT2D eigenvalue weighted by molar-refractivity contribution is 6.39. The van der Waals surface area contributed by atoms with Gasteiger partial charge in [-0.3, -0.25) is 10.1 Å². The molecule has 0 amide bonds. The van der Waals surface area contributed by atoms with Crippen molar-refractivity contribution in [3.05, 3.63) is 37.9 Å². The molecule has 0 fully saturated rings. The normalized spacial score (nSPS) is 9.89. The van der Waals surface area contributed by atoms with E-state index in [-0.39, 0.29) is 34.1 Å². The largest absolute Gasteiger partial charge is 0.369 e. The Morgan fingerprint density at radius 1 is 1.33 bits per heavy atom. The topological polar surface area (TPSA) is 120 Å². The molecule has 0 heterocycles. The Morgan fingerprint density at radius 2 is 1.83 bits per heavy atom. The van der Waals surface area contributed by atoms with Crippen LogP contribution in [0.4, 0.5) is 5.69 Å². The van der Waals surface area contributed by atoms with Crippen LogP contribution in [-0.2, 0) is 0 Å². The summed E-state index contributed by atoms with van der Waals surface area (Å²) in [6.07, 6.45) is 1.20. The first-order valence-electron chi connectivity index (χ1n) is 4.17. The van der Waals surface area contributed by atoms with E-state index in [1.165, 1.54) is 6.21 Å². The summed E-state index contributed by atoms with van der Waals surface area (Å²) < 4.78 is 0. The number of nitro groups is 1. The number of benzene rings is 1. The quantitative estimate of drug-likeness (QED) is 0.383. The van der Waals surface area contributed by atoms with Crippen molar-refractivity contribution in [3.63, 3.8) is 0 Å². The second kappa shape index (κ2) is 7.00. The second-order valence-electron chi connectivity index (χ2n) is 2.85. The minimum absolute atomic E-state index is 0. The van der Waals surface area contributed by atoms with E-state index in [4.69, 9.17) is 34.7 Å². The van der Waals surface area contributed by atoms with Crippen molar-refractivity contribution in [2.75, 3.05) is 0 Å². The number of guanidine groups is 1. The molecule has 0 spiro atoms. The van der Waals surface area contributed by atoms with Crippen LogP contribution < -0.4 is 11.5 Å². The molecule has 98 valence electrons. The first kappa shape index (κ1) is 16.4. The number of nitro benzene ring substituents is 1. The first-order chi connectivity index (χ1) is 7.91. The van der Waals surface area contributed by atoms with Crippen LogP contribution in [0, 0.1) is 10.1 Å². The average Bonchev–Trinajstić information content (AvgIpc) is 2.21. The third kappa shape index (κ3) is 4.36. The minimum atomic E-state index is -0.602. The lowest BCUT2D eigenvalue weighted by atomic mass is 10.2. The van der Waals surface area contributed by atoms with E-state index in [0.29, 0.717) is 5.56 Å². The van der Waals surface area contributed by atoms with Crippen molar-refractivity contribution >= 4 is 53.5 Å². The van der Waals surface area contributed by atoms with Crippen molar-refractivity contribution < 1.29 is 4.92 Å². The fourth-order valence-electron chi connectivity index (χ4n) is 0.953. The maximum absolute atomic E-state index is 10.5. The lowest BCUT2D eigenvalue weighted by molar-refractivity contribution is -0.384. The third-order valence-corrected chi connectivity index (χ3v) is 2.26. The zero-order valence-corrected chi connectivity index (χ0v) is 11.0. The maximum Gasteiger partial charge on any atom is 0.272 e. The molecule has 10 heteroatoms. The van der Waals surface area contributed by atoms with Crippen LogP contribution in [0.3, 0.4) is 0 Å². The van der Waals surface area contributed by atoms with Gasteiger partial charge in [0.05, 0.1) is 21.2 Å². The fourth-order valence-corrected chi connectivity index (χ4v) is 1.53. The van der Waals surface area contributed by atoms with E-state index in [1.54, 1.807) is 0 Å². The molecule has 18 heavy (non-hydrogen) atoms. The van der Waals surface area contributed by atoms with E-state index < -0.39 is 4.92 Å². The number of hydrogen-bond acceptors (Lipinski definition) is 4. The van der Waals surface area contributed by atoms with Crippen LogP contribution in [0.1, 0.15) is 5.56 Å². The van der Waals surface area contributed by atoms with Gasteiger partial charge in [0.15, 0.2) is 0 Å². The van der Waals surface area contributed by atoms with Gasteiger partial charge in [0.25, 0.3) is 5.69 Å². The Kier molecular flexibility index (Phi) is 6.39. The summed E-state index contributed by atoms with van der Waals surface area (Å²) in [6, 6.07) is 2.31. The Labute approximate surface area is 118 Å². The lowest BCUT2D eigenvalue weighted by Crippen LogP contribution is -2.21. The van der Waals surface area contributed by atoms with Crippen molar-refractivity contribution in [1.29, 1.82) is 0 Å². The Morgan fingerprint density at radius 3 is 2.22 bits per heavy atom. The van der Waals surface area contributed by atoms with Gasteiger partial charge in [-0.15, -0.1) is 17.5 Å². The molecule has 0 aromatic heterocycles. The van der Waals surface area contributed by atoms with E-state index in [2.05, 4.69) is 10.2 Å². The van der Waals surface area contributed by atoms with Crippen LogP contribution in [-0.4, -0.2) is 17.1 Å². The Balaban J connectivity index is 0.00000289. The smallest absolute Gasteiger partial charge is 0.272 e. The van der Waals surface area contributed by atoms with E-state index in [1.807, 2.05) is 0 Å². The SMILES string of the molecule is Cl.NC(N)=NN=Cc1c(Cl)cc([N+](=O)[O-])cc1Cl. The monoisotopic (exact) mass is 311 g/mol.